The number of likely N-dealkylation sites (N-methyl/N-ethyl adjacent to an activating group) is 1. The molecule has 0 aliphatic carbocycles. The molecule has 122 valence electrons. The van der Waals surface area contributed by atoms with Gasteiger partial charge in [-0.2, -0.15) is 0 Å². The van der Waals surface area contributed by atoms with Crippen molar-refractivity contribution in [1.82, 2.24) is 4.90 Å². The molecule has 0 radical (unpaired) electrons. The number of hydrogen-bond donors (Lipinski definition) is 1. The third-order valence-electron chi connectivity index (χ3n) is 3.91. The number of carbonyl (C=O) groups excluding carboxylic acids is 1. The molecule has 1 aromatic carbocycles. The number of benzene rings is 1. The average molecular weight is 389 g/mol. The molecule has 7 heteroatoms. The van der Waals surface area contributed by atoms with Gasteiger partial charge in [0.1, 0.15) is 0 Å². The Morgan fingerprint density at radius 3 is 2.73 bits per heavy atom. The highest BCUT2D eigenvalue weighted by Crippen LogP contribution is 2.21. The van der Waals surface area contributed by atoms with E-state index in [1.165, 1.54) is 0 Å². The number of halogens is 1. The zero-order chi connectivity index (χ0) is 16.3. The number of anilines is 1. The molecule has 1 N–H and O–H groups in total. The quantitative estimate of drug-likeness (QED) is 0.839. The maximum absolute atomic E-state index is 12.4. The van der Waals surface area contributed by atoms with Crippen LogP contribution in [0.4, 0.5) is 5.69 Å². The molecule has 1 aliphatic heterocycles. The first-order valence-electron chi connectivity index (χ1n) is 7.32. The molecule has 1 heterocycles. The first-order chi connectivity index (χ1) is 10.3. The van der Waals surface area contributed by atoms with Gasteiger partial charge >= 0.3 is 0 Å². The summed E-state index contributed by atoms with van der Waals surface area (Å²) in [5, 5.41) is 3.11. The predicted molar refractivity (Wildman–Crippen MR) is 91.8 cm³/mol. The Balaban J connectivity index is 1.96. The van der Waals surface area contributed by atoms with Gasteiger partial charge in [0.2, 0.25) is 5.91 Å². The summed E-state index contributed by atoms with van der Waals surface area (Å²) in [6, 6.07) is 5.62. The molecule has 0 aromatic heterocycles. The molecule has 22 heavy (non-hydrogen) atoms. The second kappa shape index (κ2) is 7.00. The van der Waals surface area contributed by atoms with Crippen LogP contribution in [0.1, 0.15) is 18.9 Å². The van der Waals surface area contributed by atoms with Crippen LogP contribution in [-0.4, -0.2) is 49.9 Å². The molecule has 1 amide bonds. The minimum atomic E-state index is -2.98. The van der Waals surface area contributed by atoms with Crippen molar-refractivity contribution in [2.24, 2.45) is 0 Å². The fraction of sp³-hybridized carbons (Fsp3) is 0.533. The van der Waals surface area contributed by atoms with Crippen molar-refractivity contribution in [2.75, 3.05) is 29.9 Å². The van der Waals surface area contributed by atoms with E-state index in [0.29, 0.717) is 13.0 Å². The highest BCUT2D eigenvalue weighted by Gasteiger charge is 2.33. The second-order valence-corrected chi connectivity index (χ2v) is 8.64. The van der Waals surface area contributed by atoms with E-state index in [-0.39, 0.29) is 30.0 Å². The van der Waals surface area contributed by atoms with Crippen molar-refractivity contribution < 1.29 is 13.2 Å². The summed E-state index contributed by atoms with van der Waals surface area (Å²) in [5.74, 6) is 0.204. The van der Waals surface area contributed by atoms with E-state index in [1.807, 2.05) is 32.0 Å². The van der Waals surface area contributed by atoms with Gasteiger partial charge < -0.3 is 10.2 Å². The lowest BCUT2D eigenvalue weighted by molar-refractivity contribution is -0.130. The molecule has 1 aromatic rings. The van der Waals surface area contributed by atoms with E-state index in [4.69, 9.17) is 0 Å². The Kier molecular flexibility index (Phi) is 5.50. The molecular formula is C15H21BrN2O3S. The average Bonchev–Trinajstić information content (AvgIpc) is 2.81. The second-order valence-electron chi connectivity index (χ2n) is 5.55. The van der Waals surface area contributed by atoms with Crippen molar-refractivity contribution in [2.45, 2.75) is 26.3 Å². The van der Waals surface area contributed by atoms with Gasteiger partial charge in [-0.1, -0.05) is 15.9 Å². The van der Waals surface area contributed by atoms with Crippen molar-refractivity contribution in [3.05, 3.63) is 28.2 Å². The lowest BCUT2D eigenvalue weighted by atomic mass is 10.2. The van der Waals surface area contributed by atoms with Gasteiger partial charge in [0.25, 0.3) is 0 Å². The zero-order valence-corrected chi connectivity index (χ0v) is 15.2. The number of amides is 1. The lowest BCUT2D eigenvalue weighted by Crippen LogP contribution is -2.43. The number of nitrogens with one attached hydrogen (secondary N) is 1. The largest absolute Gasteiger partial charge is 0.376 e. The topological polar surface area (TPSA) is 66.5 Å². The highest BCUT2D eigenvalue weighted by atomic mass is 79.9. The SMILES string of the molecule is CCN(C(=O)CNc1ccc(Br)c(C)c1)C1CCS(=O)(=O)C1. The number of rotatable bonds is 5. The summed E-state index contributed by atoms with van der Waals surface area (Å²) in [6.45, 7) is 4.57. The van der Waals surface area contributed by atoms with E-state index in [2.05, 4.69) is 21.2 Å². The van der Waals surface area contributed by atoms with Crippen molar-refractivity contribution >= 4 is 37.4 Å². The summed E-state index contributed by atoms with van der Waals surface area (Å²) in [5.41, 5.74) is 1.97. The van der Waals surface area contributed by atoms with Crippen LogP contribution in [0, 0.1) is 6.92 Å². The van der Waals surface area contributed by atoms with E-state index in [1.54, 1.807) is 4.90 Å². The van der Waals surface area contributed by atoms with Gasteiger partial charge in [-0.05, 0) is 44.0 Å². The third kappa shape index (κ3) is 4.23. The Morgan fingerprint density at radius 2 is 2.18 bits per heavy atom. The molecule has 0 bridgehead atoms. The summed E-state index contributed by atoms with van der Waals surface area (Å²) >= 11 is 3.44. The van der Waals surface area contributed by atoms with Crippen LogP contribution < -0.4 is 5.32 Å². The smallest absolute Gasteiger partial charge is 0.242 e. The van der Waals surface area contributed by atoms with Gasteiger partial charge in [-0.3, -0.25) is 4.79 Å². The number of carbonyl (C=O) groups is 1. The van der Waals surface area contributed by atoms with E-state index in [9.17, 15) is 13.2 Å². The Morgan fingerprint density at radius 1 is 1.45 bits per heavy atom. The zero-order valence-electron chi connectivity index (χ0n) is 12.8. The van der Waals surface area contributed by atoms with E-state index >= 15 is 0 Å². The molecule has 5 nitrogen and oxygen atoms in total. The fourth-order valence-electron chi connectivity index (χ4n) is 2.69. The molecule has 0 saturated carbocycles. The molecular weight excluding hydrogens is 368 g/mol. The van der Waals surface area contributed by atoms with E-state index in [0.717, 1.165) is 15.7 Å². The molecule has 2 rings (SSSR count). The Hall–Kier alpha value is -1.08. The monoisotopic (exact) mass is 388 g/mol. The van der Waals surface area contributed by atoms with Crippen LogP contribution in [0.5, 0.6) is 0 Å². The molecule has 1 aliphatic rings. The maximum Gasteiger partial charge on any atom is 0.242 e. The molecule has 1 unspecified atom stereocenters. The molecule has 0 spiro atoms. The standard InChI is InChI=1S/C15H21BrN2O3S/c1-3-18(13-6-7-22(20,21)10-13)15(19)9-17-12-4-5-14(16)11(2)8-12/h4-5,8,13,17H,3,6-7,9-10H2,1-2H3. The minimum absolute atomic E-state index is 0.0647. The first kappa shape index (κ1) is 17.3. The highest BCUT2D eigenvalue weighted by molar-refractivity contribution is 9.10. The Bertz CT molecular complexity index is 661. The van der Waals surface area contributed by atoms with Gasteiger partial charge in [0.05, 0.1) is 18.1 Å². The summed E-state index contributed by atoms with van der Waals surface area (Å²) < 4.78 is 24.2. The van der Waals surface area contributed by atoms with Crippen molar-refractivity contribution in [1.29, 1.82) is 0 Å². The summed E-state index contributed by atoms with van der Waals surface area (Å²) in [6.07, 6.45) is 0.541. The fourth-order valence-corrected chi connectivity index (χ4v) is 4.67. The van der Waals surface area contributed by atoms with Crippen molar-refractivity contribution in [3.63, 3.8) is 0 Å². The molecule has 1 fully saturated rings. The normalized spacial score (nSPS) is 19.9. The van der Waals surface area contributed by atoms with E-state index < -0.39 is 9.84 Å². The third-order valence-corrected chi connectivity index (χ3v) is 6.55. The van der Waals surface area contributed by atoms with Gasteiger partial charge in [-0.25, -0.2) is 8.42 Å². The van der Waals surface area contributed by atoms with Crippen molar-refractivity contribution in [3.8, 4) is 0 Å². The Labute approximate surface area is 140 Å². The van der Waals surface area contributed by atoms with Gasteiger partial charge in [0, 0.05) is 22.7 Å². The van der Waals surface area contributed by atoms with Crippen LogP contribution in [0.3, 0.4) is 0 Å². The number of sulfone groups is 1. The van der Waals surface area contributed by atoms with Crippen LogP contribution in [0.2, 0.25) is 0 Å². The van der Waals surface area contributed by atoms with Crippen LogP contribution in [0.15, 0.2) is 22.7 Å². The van der Waals surface area contributed by atoms with Crippen LogP contribution >= 0.6 is 15.9 Å². The number of aryl methyl sites for hydroxylation is 1. The van der Waals surface area contributed by atoms with Crippen LogP contribution in [-0.2, 0) is 14.6 Å². The predicted octanol–water partition coefficient (Wildman–Crippen LogP) is 2.21. The number of nitrogens with zero attached hydrogens (tertiary/aromatic N) is 1. The van der Waals surface area contributed by atoms with Crippen LogP contribution in [0.25, 0.3) is 0 Å². The lowest BCUT2D eigenvalue weighted by Gasteiger charge is -2.27. The molecule has 1 atom stereocenters. The maximum atomic E-state index is 12.4. The summed E-state index contributed by atoms with van der Waals surface area (Å²) in [4.78, 5) is 14.0. The summed E-state index contributed by atoms with van der Waals surface area (Å²) in [7, 11) is -2.98. The molecule has 1 saturated heterocycles. The van der Waals surface area contributed by atoms with Gasteiger partial charge in [0.15, 0.2) is 9.84 Å². The first-order valence-corrected chi connectivity index (χ1v) is 9.93. The number of hydrogen-bond acceptors (Lipinski definition) is 4. The van der Waals surface area contributed by atoms with Gasteiger partial charge in [-0.15, -0.1) is 0 Å². The minimum Gasteiger partial charge on any atom is -0.376 e.